The van der Waals surface area contributed by atoms with Crippen molar-refractivity contribution in [2.75, 3.05) is 0 Å². The van der Waals surface area contributed by atoms with Crippen LogP contribution in [0.25, 0.3) is 0 Å². The molecule has 0 heterocycles. The zero-order valence-corrected chi connectivity index (χ0v) is 21.2. The molecule has 1 heteroatoms. The summed E-state index contributed by atoms with van der Waals surface area (Å²) < 4.78 is 0. The predicted octanol–water partition coefficient (Wildman–Crippen LogP) is 9.85. The average Bonchev–Trinajstić information content (AvgIpc) is 2.83. The van der Waals surface area contributed by atoms with Gasteiger partial charge in [0.2, 0.25) is 0 Å². The first-order valence-electron chi connectivity index (χ1n) is 14.6. The number of hydrogen-bond acceptors (Lipinski definition) is 1. The van der Waals surface area contributed by atoms with E-state index in [4.69, 9.17) is 0 Å². The van der Waals surface area contributed by atoms with Gasteiger partial charge in [0, 0.05) is 0 Å². The molecule has 0 radical (unpaired) electrons. The van der Waals surface area contributed by atoms with Gasteiger partial charge in [-0.3, -0.25) is 0 Å². The zero-order chi connectivity index (χ0) is 21.9. The van der Waals surface area contributed by atoms with Gasteiger partial charge in [-0.25, -0.2) is 0 Å². The summed E-state index contributed by atoms with van der Waals surface area (Å²) in [6.07, 6.45) is 29.5. The van der Waals surface area contributed by atoms with E-state index >= 15 is 0 Å². The Labute approximate surface area is 195 Å². The minimum absolute atomic E-state index is 0.0436. The Morgan fingerprint density at radius 2 is 1.13 bits per heavy atom. The molecule has 3 rings (SSSR count). The number of hydrogen-bond donors (Lipinski definition) is 0. The Kier molecular flexibility index (Phi) is 10.7. The number of nitriles is 1. The van der Waals surface area contributed by atoms with Crippen molar-refractivity contribution in [2.45, 2.75) is 149 Å². The van der Waals surface area contributed by atoms with Crippen LogP contribution in [0.2, 0.25) is 0 Å². The molecule has 0 unspecified atom stereocenters. The van der Waals surface area contributed by atoms with Gasteiger partial charge in [-0.15, -0.1) is 0 Å². The van der Waals surface area contributed by atoms with E-state index < -0.39 is 0 Å². The third kappa shape index (κ3) is 7.24. The second kappa shape index (κ2) is 13.3. The van der Waals surface area contributed by atoms with Crippen molar-refractivity contribution in [3.8, 4) is 6.07 Å². The molecule has 0 aromatic carbocycles. The second-order valence-corrected chi connectivity index (χ2v) is 11.9. The molecule has 0 saturated heterocycles. The van der Waals surface area contributed by atoms with Crippen LogP contribution in [-0.4, -0.2) is 0 Å². The zero-order valence-electron chi connectivity index (χ0n) is 21.2. The van der Waals surface area contributed by atoms with Gasteiger partial charge in [-0.2, -0.15) is 5.26 Å². The van der Waals surface area contributed by atoms with E-state index in [1.807, 2.05) is 0 Å². The number of nitrogens with zero attached hydrogens (tertiary/aromatic N) is 1. The van der Waals surface area contributed by atoms with Gasteiger partial charge in [-0.1, -0.05) is 97.3 Å². The first-order valence-corrected chi connectivity index (χ1v) is 14.6. The molecule has 0 N–H and O–H groups in total. The third-order valence-electron chi connectivity index (χ3n) is 10.0. The molecule has 0 aromatic rings. The van der Waals surface area contributed by atoms with E-state index in [1.165, 1.54) is 135 Å². The lowest BCUT2D eigenvalue weighted by Gasteiger charge is -2.46. The van der Waals surface area contributed by atoms with Crippen LogP contribution in [0, 0.1) is 46.3 Å². The SMILES string of the molecule is CCCCCCCC1CCC([C@H]2CC[C@](C#N)(C3CCC(CCCC)CC3)CC2)CC1. The fourth-order valence-electron chi connectivity index (χ4n) is 7.72. The summed E-state index contributed by atoms with van der Waals surface area (Å²) in [4.78, 5) is 0. The minimum Gasteiger partial charge on any atom is -0.198 e. The van der Waals surface area contributed by atoms with Gasteiger partial charge in [-0.05, 0) is 81.0 Å². The number of unbranched alkanes of at least 4 members (excludes halogenated alkanes) is 5. The lowest BCUT2D eigenvalue weighted by atomic mass is 9.57. The largest absolute Gasteiger partial charge is 0.198 e. The summed E-state index contributed by atoms with van der Waals surface area (Å²) in [6, 6.07) is 2.91. The predicted molar refractivity (Wildman–Crippen MR) is 134 cm³/mol. The fraction of sp³-hybridized carbons (Fsp3) is 0.967. The molecule has 0 aliphatic heterocycles. The van der Waals surface area contributed by atoms with Crippen molar-refractivity contribution in [1.82, 2.24) is 0 Å². The summed E-state index contributed by atoms with van der Waals surface area (Å²) in [5.41, 5.74) is 0.0436. The maximum absolute atomic E-state index is 10.2. The van der Waals surface area contributed by atoms with Crippen LogP contribution >= 0.6 is 0 Å². The number of rotatable bonds is 11. The first kappa shape index (κ1) is 25.1. The molecule has 3 fully saturated rings. The molecule has 0 atom stereocenters. The van der Waals surface area contributed by atoms with Crippen LogP contribution in [0.5, 0.6) is 0 Å². The highest BCUT2D eigenvalue weighted by molar-refractivity contribution is 5.06. The second-order valence-electron chi connectivity index (χ2n) is 11.9. The molecule has 0 spiro atoms. The van der Waals surface area contributed by atoms with Gasteiger partial charge in [0.05, 0.1) is 11.5 Å². The van der Waals surface area contributed by atoms with Crippen LogP contribution in [0.15, 0.2) is 0 Å². The van der Waals surface area contributed by atoms with Crippen LogP contribution in [0.3, 0.4) is 0 Å². The van der Waals surface area contributed by atoms with E-state index in [-0.39, 0.29) is 5.41 Å². The molecule has 0 aromatic heterocycles. The maximum atomic E-state index is 10.2. The maximum Gasteiger partial charge on any atom is 0.0692 e. The molecule has 1 nitrogen and oxygen atoms in total. The molecule has 178 valence electrons. The monoisotopic (exact) mass is 427 g/mol. The van der Waals surface area contributed by atoms with Crippen molar-refractivity contribution in [3.05, 3.63) is 0 Å². The summed E-state index contributed by atoms with van der Waals surface area (Å²) in [5, 5.41) is 10.2. The summed E-state index contributed by atoms with van der Waals surface area (Å²) in [7, 11) is 0. The van der Waals surface area contributed by atoms with Gasteiger partial charge < -0.3 is 0 Å². The summed E-state index contributed by atoms with van der Waals surface area (Å²) >= 11 is 0. The van der Waals surface area contributed by atoms with Crippen molar-refractivity contribution >= 4 is 0 Å². The Balaban J connectivity index is 1.37. The first-order chi connectivity index (χ1) is 15.2. The molecule has 0 bridgehead atoms. The summed E-state index contributed by atoms with van der Waals surface area (Å²) in [6.45, 7) is 4.63. The molecule has 3 aliphatic carbocycles. The Morgan fingerprint density at radius 1 is 0.613 bits per heavy atom. The van der Waals surface area contributed by atoms with Crippen molar-refractivity contribution in [2.24, 2.45) is 35.0 Å². The smallest absolute Gasteiger partial charge is 0.0692 e. The molecular weight excluding hydrogens is 374 g/mol. The molecule has 0 amide bonds. The van der Waals surface area contributed by atoms with Crippen LogP contribution in [-0.2, 0) is 0 Å². The molecule has 3 saturated carbocycles. The minimum atomic E-state index is 0.0436. The molecule has 31 heavy (non-hydrogen) atoms. The topological polar surface area (TPSA) is 23.8 Å². The van der Waals surface area contributed by atoms with E-state index in [2.05, 4.69) is 19.9 Å². The molecule has 3 aliphatic rings. The third-order valence-corrected chi connectivity index (χ3v) is 10.0. The Bertz CT molecular complexity index is 507. The highest BCUT2D eigenvalue weighted by Crippen LogP contribution is 2.52. The lowest BCUT2D eigenvalue weighted by molar-refractivity contribution is 0.0601. The van der Waals surface area contributed by atoms with Crippen LogP contribution in [0.4, 0.5) is 0 Å². The van der Waals surface area contributed by atoms with E-state index in [0.29, 0.717) is 5.92 Å². The quantitative estimate of drug-likeness (QED) is 0.301. The average molecular weight is 428 g/mol. The van der Waals surface area contributed by atoms with E-state index in [0.717, 1.165) is 23.7 Å². The molecular formula is C30H53N. The van der Waals surface area contributed by atoms with Crippen LogP contribution in [0.1, 0.15) is 149 Å². The van der Waals surface area contributed by atoms with E-state index in [9.17, 15) is 5.26 Å². The van der Waals surface area contributed by atoms with Gasteiger partial charge in [0.25, 0.3) is 0 Å². The highest BCUT2D eigenvalue weighted by atomic mass is 14.5. The Morgan fingerprint density at radius 3 is 1.71 bits per heavy atom. The van der Waals surface area contributed by atoms with Crippen molar-refractivity contribution in [1.29, 1.82) is 5.26 Å². The normalized spacial score (nSPS) is 36.7. The van der Waals surface area contributed by atoms with Crippen LogP contribution < -0.4 is 0 Å². The van der Waals surface area contributed by atoms with Crippen molar-refractivity contribution < 1.29 is 0 Å². The van der Waals surface area contributed by atoms with Gasteiger partial charge in [0.15, 0.2) is 0 Å². The highest BCUT2D eigenvalue weighted by Gasteiger charge is 2.44. The fourth-order valence-corrected chi connectivity index (χ4v) is 7.72. The standard InChI is InChI=1S/C30H53N/c1-3-5-7-8-9-11-26-12-16-27(17-13-26)28-20-22-30(24-31,23-21-28)29-18-14-25(15-19-29)10-6-4-2/h25-29H,3-23H2,1-2H3/t25?,26?,27?,28-,29?,30-. The van der Waals surface area contributed by atoms with Crippen molar-refractivity contribution in [3.63, 3.8) is 0 Å². The van der Waals surface area contributed by atoms with Gasteiger partial charge in [0.1, 0.15) is 0 Å². The summed E-state index contributed by atoms with van der Waals surface area (Å²) in [5.74, 6) is 4.62. The van der Waals surface area contributed by atoms with Gasteiger partial charge >= 0.3 is 0 Å². The van der Waals surface area contributed by atoms with E-state index in [1.54, 1.807) is 0 Å². The Hall–Kier alpha value is -0.510. The lowest BCUT2D eigenvalue weighted by Crippen LogP contribution is -2.38.